The molecule has 3 aliphatic rings. The Labute approximate surface area is 197 Å². The van der Waals surface area contributed by atoms with Crippen LogP contribution in [-0.4, -0.2) is 140 Å². The number of hydrogen-bond acceptors (Lipinski definition) is 13. The maximum Gasteiger partial charge on any atom is 0.187 e. The Morgan fingerprint density at radius 2 is 1.32 bits per heavy atom. The molecule has 8 N–H and O–H groups in total. The van der Waals surface area contributed by atoms with Crippen molar-refractivity contribution >= 4 is 0 Å². The molecule has 0 unspecified atom stereocenters. The Balaban J connectivity index is 1.76. The van der Waals surface area contributed by atoms with Crippen LogP contribution in [0, 0.1) is 11.8 Å². The van der Waals surface area contributed by atoms with E-state index in [1.165, 1.54) is 0 Å². The van der Waals surface area contributed by atoms with Crippen molar-refractivity contribution in [3.05, 3.63) is 0 Å². The third kappa shape index (κ3) is 5.57. The molecule has 34 heavy (non-hydrogen) atoms. The highest BCUT2D eigenvalue weighted by Crippen LogP contribution is 2.33. The topological polar surface area (TPSA) is 208 Å². The summed E-state index contributed by atoms with van der Waals surface area (Å²) in [4.78, 5) is 0. The molecule has 14 atom stereocenters. The highest BCUT2D eigenvalue weighted by molar-refractivity contribution is 4.97. The molecular formula is C21H38O13. The zero-order valence-corrected chi connectivity index (χ0v) is 19.4. The monoisotopic (exact) mass is 498 g/mol. The summed E-state index contributed by atoms with van der Waals surface area (Å²) in [6.07, 6.45) is -17.7. The molecule has 0 bridgehead atoms. The van der Waals surface area contributed by atoms with Crippen molar-refractivity contribution in [2.75, 3.05) is 19.8 Å². The first-order chi connectivity index (χ1) is 16.0. The molecule has 13 heteroatoms. The molecule has 0 radical (unpaired) electrons. The molecule has 0 spiro atoms. The summed E-state index contributed by atoms with van der Waals surface area (Å²) in [5, 5.41) is 82.4. The van der Waals surface area contributed by atoms with E-state index in [0.717, 1.165) is 0 Å². The molecule has 0 aromatic rings. The fraction of sp³-hybridized carbons (Fsp3) is 1.00. The smallest absolute Gasteiger partial charge is 0.187 e. The maximum atomic E-state index is 10.9. The van der Waals surface area contributed by atoms with Gasteiger partial charge in [-0.1, -0.05) is 20.8 Å². The van der Waals surface area contributed by atoms with Crippen molar-refractivity contribution < 1.29 is 64.5 Å². The Morgan fingerprint density at radius 1 is 0.706 bits per heavy atom. The van der Waals surface area contributed by atoms with Crippen LogP contribution in [-0.2, 0) is 23.7 Å². The number of rotatable bonds is 7. The number of ether oxygens (including phenoxy) is 5. The zero-order chi connectivity index (χ0) is 25.3. The van der Waals surface area contributed by atoms with Crippen LogP contribution in [0.15, 0.2) is 0 Å². The van der Waals surface area contributed by atoms with Crippen molar-refractivity contribution in [2.45, 2.75) is 100 Å². The second-order valence-corrected chi connectivity index (χ2v) is 9.62. The van der Waals surface area contributed by atoms with Gasteiger partial charge in [-0.05, 0) is 5.92 Å². The van der Waals surface area contributed by atoms with E-state index in [9.17, 15) is 40.9 Å². The van der Waals surface area contributed by atoms with Crippen molar-refractivity contribution in [1.29, 1.82) is 0 Å². The first-order valence-electron chi connectivity index (χ1n) is 11.5. The van der Waals surface area contributed by atoms with E-state index in [2.05, 4.69) is 0 Å². The molecule has 0 aromatic heterocycles. The van der Waals surface area contributed by atoms with Crippen LogP contribution in [0.5, 0.6) is 0 Å². The molecular weight excluding hydrogens is 460 g/mol. The van der Waals surface area contributed by atoms with Crippen LogP contribution in [0.4, 0.5) is 0 Å². The van der Waals surface area contributed by atoms with Crippen LogP contribution in [0.3, 0.4) is 0 Å². The quantitative estimate of drug-likeness (QED) is 0.169. The van der Waals surface area contributed by atoms with Gasteiger partial charge in [-0.15, -0.1) is 0 Å². The first-order valence-corrected chi connectivity index (χ1v) is 11.5. The number of aliphatic hydroxyl groups excluding tert-OH is 8. The van der Waals surface area contributed by atoms with E-state index >= 15 is 0 Å². The van der Waals surface area contributed by atoms with E-state index in [1.807, 2.05) is 0 Å². The SMILES string of the molecule is CC(C)[C@@H]1O[C@H](CO)[C@H](O[C@H]2O[C@H](CO)[C@@H](O)[C@H](O[C@@H]3OC[C@@H](C)[C@H](O)[C@H]3O)[C@H]2O)[C@H](O)[C@H]1O. The highest BCUT2D eigenvalue weighted by Gasteiger charge is 2.52. The molecule has 3 saturated heterocycles. The van der Waals surface area contributed by atoms with Gasteiger partial charge in [-0.25, -0.2) is 0 Å². The third-order valence-corrected chi connectivity index (χ3v) is 6.70. The lowest BCUT2D eigenvalue weighted by Gasteiger charge is -2.48. The van der Waals surface area contributed by atoms with Crippen LogP contribution in [0.1, 0.15) is 20.8 Å². The molecule has 0 aliphatic carbocycles. The second-order valence-electron chi connectivity index (χ2n) is 9.62. The zero-order valence-electron chi connectivity index (χ0n) is 19.4. The van der Waals surface area contributed by atoms with Crippen LogP contribution in [0.25, 0.3) is 0 Å². The largest absolute Gasteiger partial charge is 0.394 e. The summed E-state index contributed by atoms with van der Waals surface area (Å²) in [5.41, 5.74) is 0. The summed E-state index contributed by atoms with van der Waals surface area (Å²) in [6.45, 7) is 4.02. The molecule has 200 valence electrons. The molecule has 3 rings (SSSR count). The normalized spacial score (nSPS) is 50.5. The van der Waals surface area contributed by atoms with Gasteiger partial charge in [0, 0.05) is 5.92 Å². The Bertz CT molecular complexity index is 636. The van der Waals surface area contributed by atoms with Crippen molar-refractivity contribution in [3.63, 3.8) is 0 Å². The summed E-state index contributed by atoms with van der Waals surface area (Å²) < 4.78 is 27.9. The summed E-state index contributed by atoms with van der Waals surface area (Å²) in [5.74, 6) is -0.548. The van der Waals surface area contributed by atoms with E-state index in [4.69, 9.17) is 23.7 Å². The fourth-order valence-corrected chi connectivity index (χ4v) is 4.53. The lowest BCUT2D eigenvalue weighted by molar-refractivity contribution is -0.366. The van der Waals surface area contributed by atoms with Gasteiger partial charge in [0.2, 0.25) is 0 Å². The lowest BCUT2D eigenvalue weighted by Crippen LogP contribution is -2.66. The molecule has 0 aromatic carbocycles. The molecule has 3 fully saturated rings. The average Bonchev–Trinajstić information content (AvgIpc) is 2.80. The Hall–Kier alpha value is -0.520. The minimum Gasteiger partial charge on any atom is -0.394 e. The van der Waals surface area contributed by atoms with Gasteiger partial charge < -0.3 is 64.5 Å². The highest BCUT2D eigenvalue weighted by atomic mass is 16.7. The molecule has 3 heterocycles. The van der Waals surface area contributed by atoms with Gasteiger partial charge in [-0.2, -0.15) is 0 Å². The summed E-state index contributed by atoms with van der Waals surface area (Å²) in [7, 11) is 0. The maximum absolute atomic E-state index is 10.9. The number of hydrogen-bond donors (Lipinski definition) is 8. The van der Waals surface area contributed by atoms with E-state index in [1.54, 1.807) is 20.8 Å². The predicted molar refractivity (Wildman–Crippen MR) is 111 cm³/mol. The minimum absolute atomic E-state index is 0.0559. The van der Waals surface area contributed by atoms with Gasteiger partial charge in [-0.3, -0.25) is 0 Å². The second kappa shape index (κ2) is 11.7. The van der Waals surface area contributed by atoms with Crippen molar-refractivity contribution in [3.8, 4) is 0 Å². The first kappa shape index (κ1) is 28.1. The fourth-order valence-electron chi connectivity index (χ4n) is 4.53. The van der Waals surface area contributed by atoms with Crippen molar-refractivity contribution in [1.82, 2.24) is 0 Å². The van der Waals surface area contributed by atoms with Gasteiger partial charge in [0.05, 0.1) is 32.0 Å². The van der Waals surface area contributed by atoms with Crippen LogP contribution in [0.2, 0.25) is 0 Å². The Morgan fingerprint density at radius 3 is 1.91 bits per heavy atom. The van der Waals surface area contributed by atoms with Crippen LogP contribution < -0.4 is 0 Å². The van der Waals surface area contributed by atoms with E-state index in [-0.39, 0.29) is 18.4 Å². The third-order valence-electron chi connectivity index (χ3n) is 6.70. The van der Waals surface area contributed by atoms with Gasteiger partial charge in [0.25, 0.3) is 0 Å². The number of aliphatic hydroxyl groups is 8. The standard InChI is InChI=1S/C21H38O13/c1-7(2)17-13(26)14(27)18(10(5-23)31-17)33-21-16(29)19(12(25)9(4-22)32-21)34-20-15(28)11(24)8(3)6-30-20/h7-29H,4-6H2,1-3H3/t8-,9-,10-,11+,12-,13-,14-,15-,16-,17+,18+,19+,20+,21-/m1/s1. The molecule has 3 aliphatic heterocycles. The molecule has 0 saturated carbocycles. The minimum atomic E-state index is -1.71. The van der Waals surface area contributed by atoms with Crippen molar-refractivity contribution in [2.24, 2.45) is 11.8 Å². The van der Waals surface area contributed by atoms with Gasteiger partial charge in [0.15, 0.2) is 12.6 Å². The lowest BCUT2D eigenvalue weighted by atomic mass is 9.89. The van der Waals surface area contributed by atoms with E-state index < -0.39 is 92.9 Å². The average molecular weight is 499 g/mol. The van der Waals surface area contributed by atoms with Crippen LogP contribution >= 0.6 is 0 Å². The molecule has 0 amide bonds. The van der Waals surface area contributed by atoms with Gasteiger partial charge >= 0.3 is 0 Å². The van der Waals surface area contributed by atoms with Gasteiger partial charge in [0.1, 0.15) is 54.9 Å². The summed E-state index contributed by atoms with van der Waals surface area (Å²) >= 11 is 0. The predicted octanol–water partition coefficient (Wildman–Crippen LogP) is -3.95. The Kier molecular flexibility index (Phi) is 9.64. The van der Waals surface area contributed by atoms with E-state index in [0.29, 0.717) is 0 Å². The summed E-state index contributed by atoms with van der Waals surface area (Å²) in [6, 6.07) is 0. The molecule has 13 nitrogen and oxygen atoms in total.